The number of guanidine groups is 1. The molecule has 1 aliphatic rings. The Morgan fingerprint density at radius 3 is 2.62 bits per heavy atom. The molecule has 0 saturated carbocycles. The number of benzene rings is 2. The van der Waals surface area contributed by atoms with Gasteiger partial charge in [0.25, 0.3) is 0 Å². The van der Waals surface area contributed by atoms with Gasteiger partial charge < -0.3 is 15.4 Å². The molecule has 0 aromatic heterocycles. The molecular formula is C19H22F2IN3O. The molecule has 0 amide bonds. The van der Waals surface area contributed by atoms with E-state index in [-0.39, 0.29) is 29.7 Å². The molecule has 0 saturated heterocycles. The molecule has 1 aliphatic carbocycles. The monoisotopic (exact) mass is 473 g/mol. The molecular weight excluding hydrogens is 451 g/mol. The molecule has 0 bridgehead atoms. The number of rotatable bonds is 6. The Labute approximate surface area is 169 Å². The largest absolute Gasteiger partial charge is 0.434 e. The molecule has 0 spiro atoms. The van der Waals surface area contributed by atoms with Crippen molar-refractivity contribution in [1.29, 1.82) is 0 Å². The van der Waals surface area contributed by atoms with Gasteiger partial charge in [-0.3, -0.25) is 4.99 Å². The maximum Gasteiger partial charge on any atom is 0.387 e. The topological polar surface area (TPSA) is 45.7 Å². The smallest absolute Gasteiger partial charge is 0.387 e. The lowest BCUT2D eigenvalue weighted by Gasteiger charge is -2.30. The fraction of sp³-hybridized carbons (Fsp3) is 0.316. The quantitative estimate of drug-likeness (QED) is 0.380. The van der Waals surface area contributed by atoms with Crippen LogP contribution in [0, 0.1) is 0 Å². The standard InChI is InChI=1S/C19H21F2N3O.HI/c1-22-19(24-12-15-10-13-6-2-4-8-16(13)15)23-11-14-7-3-5-9-17(14)25-18(20)21;/h2-9,15,18H,10-12H2,1H3,(H2,22,23,24);1H. The number of hydrogen-bond donors (Lipinski definition) is 2. The second kappa shape index (κ2) is 9.70. The van der Waals surface area contributed by atoms with Gasteiger partial charge >= 0.3 is 6.61 Å². The summed E-state index contributed by atoms with van der Waals surface area (Å²) >= 11 is 0. The van der Waals surface area contributed by atoms with Crippen LogP contribution in [0.2, 0.25) is 0 Å². The highest BCUT2D eigenvalue weighted by Crippen LogP contribution is 2.33. The van der Waals surface area contributed by atoms with Crippen molar-refractivity contribution in [3.63, 3.8) is 0 Å². The number of fused-ring (bicyclic) bond motifs is 1. The second-order valence-electron chi connectivity index (χ2n) is 5.89. The number of nitrogens with zero attached hydrogens (tertiary/aromatic N) is 1. The van der Waals surface area contributed by atoms with E-state index >= 15 is 0 Å². The van der Waals surface area contributed by atoms with Crippen molar-refractivity contribution in [2.24, 2.45) is 4.99 Å². The van der Waals surface area contributed by atoms with Crippen LogP contribution in [0.3, 0.4) is 0 Å². The van der Waals surface area contributed by atoms with Gasteiger partial charge in [0.05, 0.1) is 0 Å². The Morgan fingerprint density at radius 2 is 1.88 bits per heavy atom. The predicted octanol–water partition coefficient (Wildman–Crippen LogP) is 3.91. The first-order chi connectivity index (χ1) is 12.2. The van der Waals surface area contributed by atoms with Crippen LogP contribution in [0.15, 0.2) is 53.5 Å². The zero-order valence-electron chi connectivity index (χ0n) is 14.4. The lowest BCUT2D eigenvalue weighted by atomic mass is 9.78. The van der Waals surface area contributed by atoms with E-state index in [2.05, 4.69) is 44.6 Å². The molecule has 0 fully saturated rings. The van der Waals surface area contributed by atoms with Crippen LogP contribution in [0.4, 0.5) is 8.78 Å². The van der Waals surface area contributed by atoms with Crippen molar-refractivity contribution < 1.29 is 13.5 Å². The summed E-state index contributed by atoms with van der Waals surface area (Å²) in [5.74, 6) is 1.29. The van der Waals surface area contributed by atoms with E-state index in [1.807, 2.05) is 0 Å². The minimum absolute atomic E-state index is 0. The first-order valence-electron chi connectivity index (χ1n) is 8.22. The summed E-state index contributed by atoms with van der Waals surface area (Å²) in [6.45, 7) is -1.70. The molecule has 140 valence electrons. The van der Waals surface area contributed by atoms with E-state index in [1.54, 1.807) is 25.2 Å². The molecule has 2 aromatic rings. The van der Waals surface area contributed by atoms with Crippen LogP contribution in [-0.4, -0.2) is 26.2 Å². The first kappa shape index (κ1) is 20.4. The van der Waals surface area contributed by atoms with E-state index in [9.17, 15) is 8.78 Å². The molecule has 2 aromatic carbocycles. The third-order valence-electron chi connectivity index (χ3n) is 4.34. The number of hydrogen-bond acceptors (Lipinski definition) is 2. The van der Waals surface area contributed by atoms with Crippen molar-refractivity contribution in [2.75, 3.05) is 13.6 Å². The number of aliphatic imine (C=N–C) groups is 1. The molecule has 1 unspecified atom stereocenters. The van der Waals surface area contributed by atoms with Gasteiger partial charge in [0.15, 0.2) is 5.96 Å². The van der Waals surface area contributed by atoms with Crippen LogP contribution < -0.4 is 15.4 Å². The summed E-state index contributed by atoms with van der Waals surface area (Å²) < 4.78 is 29.5. The van der Waals surface area contributed by atoms with Crippen molar-refractivity contribution in [3.05, 3.63) is 65.2 Å². The molecule has 1 atom stereocenters. The summed E-state index contributed by atoms with van der Waals surface area (Å²) in [7, 11) is 1.69. The minimum Gasteiger partial charge on any atom is -0.434 e. The zero-order valence-corrected chi connectivity index (χ0v) is 16.7. The SMILES string of the molecule is CN=C(NCc1ccccc1OC(F)F)NCC1Cc2ccccc21.I. The fourth-order valence-corrected chi connectivity index (χ4v) is 3.03. The van der Waals surface area contributed by atoms with Gasteiger partial charge in [-0.15, -0.1) is 24.0 Å². The molecule has 2 N–H and O–H groups in total. The van der Waals surface area contributed by atoms with Crippen LogP contribution >= 0.6 is 24.0 Å². The molecule has 4 nitrogen and oxygen atoms in total. The number of ether oxygens (including phenoxy) is 1. The van der Waals surface area contributed by atoms with E-state index in [1.165, 1.54) is 17.2 Å². The van der Waals surface area contributed by atoms with Gasteiger partial charge in [0.2, 0.25) is 0 Å². The van der Waals surface area contributed by atoms with Gasteiger partial charge in [-0.2, -0.15) is 8.78 Å². The van der Waals surface area contributed by atoms with Crippen molar-refractivity contribution in [2.45, 2.75) is 25.5 Å². The molecule has 3 rings (SSSR count). The summed E-state index contributed by atoms with van der Waals surface area (Å²) in [5.41, 5.74) is 3.43. The summed E-state index contributed by atoms with van der Waals surface area (Å²) in [6.07, 6.45) is 1.06. The average molecular weight is 473 g/mol. The fourth-order valence-electron chi connectivity index (χ4n) is 3.03. The van der Waals surface area contributed by atoms with Crippen LogP contribution in [0.5, 0.6) is 5.75 Å². The predicted molar refractivity (Wildman–Crippen MR) is 110 cm³/mol. The Hall–Kier alpha value is -1.90. The van der Waals surface area contributed by atoms with Crippen LogP contribution in [-0.2, 0) is 13.0 Å². The Bertz CT molecular complexity index is 755. The van der Waals surface area contributed by atoms with Gasteiger partial charge in [-0.25, -0.2) is 0 Å². The highest BCUT2D eigenvalue weighted by atomic mass is 127. The summed E-state index contributed by atoms with van der Waals surface area (Å²) in [4.78, 5) is 4.19. The highest BCUT2D eigenvalue weighted by molar-refractivity contribution is 14.0. The van der Waals surface area contributed by atoms with Crippen LogP contribution in [0.25, 0.3) is 0 Å². The number of para-hydroxylation sites is 1. The molecule has 0 radical (unpaired) electrons. The second-order valence-corrected chi connectivity index (χ2v) is 5.89. The normalized spacial score (nSPS) is 15.5. The maximum absolute atomic E-state index is 12.5. The van der Waals surface area contributed by atoms with Gasteiger partial charge in [-0.1, -0.05) is 42.5 Å². The van der Waals surface area contributed by atoms with Gasteiger partial charge in [-0.05, 0) is 23.6 Å². The molecule has 26 heavy (non-hydrogen) atoms. The number of alkyl halides is 2. The van der Waals surface area contributed by atoms with E-state index in [0.717, 1.165) is 13.0 Å². The lowest BCUT2D eigenvalue weighted by molar-refractivity contribution is -0.0504. The third kappa shape index (κ3) is 5.06. The summed E-state index contributed by atoms with van der Waals surface area (Å²) in [5, 5.41) is 6.43. The molecule has 7 heteroatoms. The number of nitrogens with one attached hydrogen (secondary N) is 2. The van der Waals surface area contributed by atoms with Crippen molar-refractivity contribution in [3.8, 4) is 5.75 Å². The molecule has 0 heterocycles. The Morgan fingerprint density at radius 1 is 1.15 bits per heavy atom. The minimum atomic E-state index is -2.84. The maximum atomic E-state index is 12.5. The molecule has 0 aliphatic heterocycles. The Balaban J connectivity index is 0.00000243. The van der Waals surface area contributed by atoms with Gasteiger partial charge in [0, 0.05) is 31.6 Å². The Kier molecular flexibility index (Phi) is 7.62. The van der Waals surface area contributed by atoms with E-state index in [0.29, 0.717) is 24.0 Å². The van der Waals surface area contributed by atoms with Crippen molar-refractivity contribution in [1.82, 2.24) is 10.6 Å². The number of halogens is 3. The van der Waals surface area contributed by atoms with E-state index in [4.69, 9.17) is 0 Å². The van der Waals surface area contributed by atoms with Crippen molar-refractivity contribution >= 4 is 29.9 Å². The zero-order chi connectivity index (χ0) is 17.6. The van der Waals surface area contributed by atoms with Gasteiger partial charge in [0.1, 0.15) is 5.75 Å². The van der Waals surface area contributed by atoms with E-state index < -0.39 is 6.61 Å². The highest BCUT2D eigenvalue weighted by Gasteiger charge is 2.25. The lowest BCUT2D eigenvalue weighted by Crippen LogP contribution is -2.40. The summed E-state index contributed by atoms with van der Waals surface area (Å²) in [6, 6.07) is 15.2. The van der Waals surface area contributed by atoms with Crippen LogP contribution in [0.1, 0.15) is 22.6 Å². The average Bonchev–Trinajstić information content (AvgIpc) is 2.59. The third-order valence-corrected chi connectivity index (χ3v) is 4.34. The first-order valence-corrected chi connectivity index (χ1v) is 8.22.